The Bertz CT molecular complexity index is 421. The van der Waals surface area contributed by atoms with Crippen LogP contribution in [-0.2, 0) is 17.6 Å². The van der Waals surface area contributed by atoms with Crippen LogP contribution in [0.25, 0.3) is 0 Å². The molecule has 0 unspecified atom stereocenters. The molecule has 3 rings (SSSR count). The number of hydrogen-bond acceptors (Lipinski definition) is 1. The Morgan fingerprint density at radius 1 is 1.12 bits per heavy atom. The van der Waals surface area contributed by atoms with Gasteiger partial charge in [-0.3, -0.25) is 4.79 Å². The summed E-state index contributed by atoms with van der Waals surface area (Å²) in [6.07, 6.45) is 7.09. The highest BCUT2D eigenvalue weighted by atomic mass is 16.2. The number of hydrogen-bond donors (Lipinski definition) is 1. The second-order valence-corrected chi connectivity index (χ2v) is 4.95. The molecule has 0 saturated heterocycles. The van der Waals surface area contributed by atoms with Crippen molar-refractivity contribution in [2.75, 3.05) is 5.32 Å². The SMILES string of the molecule is O=C(Nc1ccc2c(c1)CCCC2)C1CC1. The van der Waals surface area contributed by atoms with E-state index in [0.29, 0.717) is 0 Å². The van der Waals surface area contributed by atoms with Gasteiger partial charge >= 0.3 is 0 Å². The molecule has 16 heavy (non-hydrogen) atoms. The maximum absolute atomic E-state index is 11.6. The highest BCUT2D eigenvalue weighted by Gasteiger charge is 2.29. The van der Waals surface area contributed by atoms with Crippen molar-refractivity contribution in [1.82, 2.24) is 0 Å². The summed E-state index contributed by atoms with van der Waals surface area (Å²) in [6.45, 7) is 0. The van der Waals surface area contributed by atoms with Crippen molar-refractivity contribution in [3.63, 3.8) is 0 Å². The summed E-state index contributed by atoms with van der Waals surface area (Å²) in [5.74, 6) is 0.492. The smallest absolute Gasteiger partial charge is 0.227 e. The van der Waals surface area contributed by atoms with Gasteiger partial charge in [0.2, 0.25) is 5.91 Å². The zero-order valence-corrected chi connectivity index (χ0v) is 9.46. The average Bonchev–Trinajstić information content (AvgIpc) is 3.12. The van der Waals surface area contributed by atoms with E-state index in [4.69, 9.17) is 0 Å². The summed E-state index contributed by atoms with van der Waals surface area (Å²) in [4.78, 5) is 11.6. The van der Waals surface area contributed by atoms with Crippen molar-refractivity contribution < 1.29 is 4.79 Å². The van der Waals surface area contributed by atoms with Crippen LogP contribution in [0.1, 0.15) is 36.8 Å². The second kappa shape index (κ2) is 3.93. The topological polar surface area (TPSA) is 29.1 Å². The van der Waals surface area contributed by atoms with Gasteiger partial charge in [0, 0.05) is 11.6 Å². The number of nitrogens with one attached hydrogen (secondary N) is 1. The Labute approximate surface area is 96.1 Å². The molecule has 0 bridgehead atoms. The van der Waals surface area contributed by atoms with Crippen LogP contribution < -0.4 is 5.32 Å². The Hall–Kier alpha value is -1.31. The molecule has 1 fully saturated rings. The van der Waals surface area contributed by atoms with Gasteiger partial charge in [-0.2, -0.15) is 0 Å². The Morgan fingerprint density at radius 3 is 2.62 bits per heavy atom. The highest BCUT2D eigenvalue weighted by Crippen LogP contribution is 2.31. The first kappa shape index (κ1) is 9.88. The standard InChI is InChI=1S/C14H17NO/c16-14(11-5-6-11)15-13-8-7-10-3-1-2-4-12(10)9-13/h7-9,11H,1-6H2,(H,15,16). The van der Waals surface area contributed by atoms with Crippen LogP contribution in [0.2, 0.25) is 0 Å². The molecule has 0 atom stereocenters. The number of fused-ring (bicyclic) bond motifs is 1. The van der Waals surface area contributed by atoms with Gasteiger partial charge in [0.05, 0.1) is 0 Å². The first-order valence-corrected chi connectivity index (χ1v) is 6.25. The maximum Gasteiger partial charge on any atom is 0.227 e. The van der Waals surface area contributed by atoms with Gasteiger partial charge < -0.3 is 5.32 Å². The Kier molecular flexibility index (Phi) is 2.43. The third kappa shape index (κ3) is 1.97. The first-order chi connectivity index (χ1) is 7.83. The van der Waals surface area contributed by atoms with E-state index in [9.17, 15) is 4.79 Å². The molecule has 1 aromatic carbocycles. The molecule has 0 heterocycles. The van der Waals surface area contributed by atoms with Crippen molar-refractivity contribution in [3.05, 3.63) is 29.3 Å². The predicted molar refractivity (Wildman–Crippen MR) is 64.4 cm³/mol. The normalized spacial score (nSPS) is 19.0. The molecule has 1 saturated carbocycles. The predicted octanol–water partition coefficient (Wildman–Crippen LogP) is 2.91. The van der Waals surface area contributed by atoms with Crippen molar-refractivity contribution in [3.8, 4) is 0 Å². The van der Waals surface area contributed by atoms with Crippen LogP contribution >= 0.6 is 0 Å². The minimum absolute atomic E-state index is 0.204. The number of carbonyl (C=O) groups is 1. The average molecular weight is 215 g/mol. The van der Waals surface area contributed by atoms with Crippen molar-refractivity contribution in [2.24, 2.45) is 5.92 Å². The molecule has 1 aromatic rings. The van der Waals surface area contributed by atoms with E-state index < -0.39 is 0 Å². The van der Waals surface area contributed by atoms with Gasteiger partial charge in [-0.15, -0.1) is 0 Å². The van der Waals surface area contributed by atoms with Gasteiger partial charge in [0.1, 0.15) is 0 Å². The molecule has 84 valence electrons. The summed E-state index contributed by atoms with van der Waals surface area (Å²) in [5.41, 5.74) is 3.88. The fourth-order valence-electron chi connectivity index (χ4n) is 2.40. The van der Waals surface area contributed by atoms with E-state index in [1.807, 2.05) is 6.07 Å². The fraction of sp³-hybridized carbons (Fsp3) is 0.500. The molecule has 0 aromatic heterocycles. The zero-order valence-electron chi connectivity index (χ0n) is 9.46. The minimum Gasteiger partial charge on any atom is -0.326 e. The van der Waals surface area contributed by atoms with Gasteiger partial charge in [-0.1, -0.05) is 6.07 Å². The number of carbonyl (C=O) groups excluding carboxylic acids is 1. The molecule has 2 aliphatic carbocycles. The molecule has 2 heteroatoms. The fourth-order valence-corrected chi connectivity index (χ4v) is 2.40. The van der Waals surface area contributed by atoms with Crippen LogP contribution in [-0.4, -0.2) is 5.91 Å². The summed E-state index contributed by atoms with van der Waals surface area (Å²) >= 11 is 0. The van der Waals surface area contributed by atoms with Crippen molar-refractivity contribution >= 4 is 11.6 Å². The second-order valence-electron chi connectivity index (χ2n) is 4.95. The molecular weight excluding hydrogens is 198 g/mol. The van der Waals surface area contributed by atoms with E-state index in [2.05, 4.69) is 17.4 Å². The van der Waals surface area contributed by atoms with E-state index >= 15 is 0 Å². The molecule has 0 spiro atoms. The van der Waals surface area contributed by atoms with E-state index in [1.165, 1.54) is 36.8 Å². The number of amides is 1. The molecular formula is C14H17NO. The summed E-state index contributed by atoms with van der Waals surface area (Å²) in [5, 5.41) is 3.02. The van der Waals surface area contributed by atoms with Crippen molar-refractivity contribution in [2.45, 2.75) is 38.5 Å². The van der Waals surface area contributed by atoms with Crippen LogP contribution in [0, 0.1) is 5.92 Å². The van der Waals surface area contributed by atoms with E-state index in [0.717, 1.165) is 18.5 Å². The van der Waals surface area contributed by atoms with Gasteiger partial charge in [0.25, 0.3) is 0 Å². The number of benzene rings is 1. The summed E-state index contributed by atoms with van der Waals surface area (Å²) in [7, 11) is 0. The maximum atomic E-state index is 11.6. The molecule has 2 nitrogen and oxygen atoms in total. The number of anilines is 1. The zero-order chi connectivity index (χ0) is 11.0. The van der Waals surface area contributed by atoms with E-state index in [-0.39, 0.29) is 11.8 Å². The third-order valence-electron chi connectivity index (χ3n) is 3.56. The van der Waals surface area contributed by atoms with Crippen LogP contribution in [0.5, 0.6) is 0 Å². The number of aryl methyl sites for hydroxylation is 2. The first-order valence-electron chi connectivity index (χ1n) is 6.25. The lowest BCUT2D eigenvalue weighted by molar-refractivity contribution is -0.117. The molecule has 2 aliphatic rings. The summed E-state index contributed by atoms with van der Waals surface area (Å²) < 4.78 is 0. The largest absolute Gasteiger partial charge is 0.326 e. The van der Waals surface area contributed by atoms with Crippen LogP contribution in [0.3, 0.4) is 0 Å². The molecule has 1 N–H and O–H groups in total. The molecule has 0 aliphatic heterocycles. The third-order valence-corrected chi connectivity index (χ3v) is 3.56. The minimum atomic E-state index is 0.204. The lowest BCUT2D eigenvalue weighted by Gasteiger charge is -2.16. The van der Waals surface area contributed by atoms with E-state index in [1.54, 1.807) is 0 Å². The highest BCUT2D eigenvalue weighted by molar-refractivity contribution is 5.94. The van der Waals surface area contributed by atoms with Crippen LogP contribution in [0.15, 0.2) is 18.2 Å². The van der Waals surface area contributed by atoms with Gasteiger partial charge in [-0.25, -0.2) is 0 Å². The molecule has 1 amide bonds. The monoisotopic (exact) mass is 215 g/mol. The summed E-state index contributed by atoms with van der Waals surface area (Å²) in [6, 6.07) is 6.39. The Balaban J connectivity index is 1.77. The van der Waals surface area contributed by atoms with Crippen LogP contribution in [0.4, 0.5) is 5.69 Å². The van der Waals surface area contributed by atoms with Gasteiger partial charge in [-0.05, 0) is 61.8 Å². The quantitative estimate of drug-likeness (QED) is 0.807. The lowest BCUT2D eigenvalue weighted by atomic mass is 9.91. The van der Waals surface area contributed by atoms with Crippen molar-refractivity contribution in [1.29, 1.82) is 0 Å². The Morgan fingerprint density at radius 2 is 1.88 bits per heavy atom. The molecule has 0 radical (unpaired) electrons. The van der Waals surface area contributed by atoms with Gasteiger partial charge in [0.15, 0.2) is 0 Å². The number of rotatable bonds is 2. The lowest BCUT2D eigenvalue weighted by Crippen LogP contribution is -2.14.